The average molecular weight is 655 g/mol. The van der Waals surface area contributed by atoms with Gasteiger partial charge in [-0.2, -0.15) is 9.97 Å². The third-order valence-corrected chi connectivity index (χ3v) is 12.0. The van der Waals surface area contributed by atoms with E-state index in [-0.39, 0.29) is 76.1 Å². The van der Waals surface area contributed by atoms with Crippen molar-refractivity contribution in [3.8, 4) is 35.4 Å². The Hall–Kier alpha value is -4.14. The van der Waals surface area contributed by atoms with E-state index < -0.39 is 23.3 Å². The van der Waals surface area contributed by atoms with Crippen LogP contribution >= 0.6 is 0 Å². The molecular formula is C37H37F3N6O2. The number of alkyl halides is 1. The standard InChI is InChI=1S/C37H37F3N6O2/c1-4-24-26(39)8-6-20-12-23(47)13-25(28(20)24)32-30(40)33-29-31(42-32)18(2)19(3)34-27-9-7-22(41-27)16-46(34)35(29)44-36(43-33)48-17-37-10-5-11-45(37)15-21(38)14-37/h1,6,8,12-13,18-19,21-22,27,34,41,47H,5,7,9-11,14-17H2,2-3H3/t18-,19-,21+,22+,27-,34-,37-/m0/s1. The number of nitrogens with zero attached hydrogens (tertiary/aromatic N) is 5. The Labute approximate surface area is 276 Å². The maximum Gasteiger partial charge on any atom is 0.319 e. The van der Waals surface area contributed by atoms with Crippen LogP contribution < -0.4 is 15.0 Å². The quantitative estimate of drug-likeness (QED) is 0.266. The second-order valence-corrected chi connectivity index (χ2v) is 14.6. The maximum atomic E-state index is 17.3. The molecule has 5 aliphatic rings. The maximum absolute atomic E-state index is 17.3. The molecule has 0 saturated carbocycles. The highest BCUT2D eigenvalue weighted by molar-refractivity contribution is 6.03. The number of terminal acetylenes is 1. The number of phenols is 1. The van der Waals surface area contributed by atoms with Crippen LogP contribution in [-0.2, 0) is 0 Å². The lowest BCUT2D eigenvalue weighted by Gasteiger charge is -2.44. The van der Waals surface area contributed by atoms with Crippen LogP contribution in [0.2, 0.25) is 0 Å². The van der Waals surface area contributed by atoms with Crippen LogP contribution in [0.15, 0.2) is 24.3 Å². The molecule has 4 fully saturated rings. The van der Waals surface area contributed by atoms with E-state index in [9.17, 15) is 9.50 Å². The van der Waals surface area contributed by atoms with Gasteiger partial charge in [-0.05, 0) is 61.7 Å². The van der Waals surface area contributed by atoms with Gasteiger partial charge in [-0.15, -0.1) is 6.42 Å². The van der Waals surface area contributed by atoms with Crippen LogP contribution in [0.5, 0.6) is 11.8 Å². The molecule has 0 amide bonds. The number of anilines is 1. The number of hydrogen-bond acceptors (Lipinski definition) is 8. The van der Waals surface area contributed by atoms with Crippen LogP contribution in [0.3, 0.4) is 0 Å². The topological polar surface area (TPSA) is 86.6 Å². The molecule has 0 radical (unpaired) electrons. The van der Waals surface area contributed by atoms with Crippen molar-refractivity contribution in [1.82, 2.24) is 25.2 Å². The number of piperazine rings is 1. The Morgan fingerprint density at radius 2 is 1.98 bits per heavy atom. The second kappa shape index (κ2) is 10.7. The fourth-order valence-corrected chi connectivity index (χ4v) is 9.60. The third kappa shape index (κ3) is 4.27. The van der Waals surface area contributed by atoms with E-state index in [0.717, 1.165) is 32.2 Å². The number of aromatic nitrogens is 3. The zero-order chi connectivity index (χ0) is 33.1. The first-order valence-corrected chi connectivity index (χ1v) is 17.0. The minimum Gasteiger partial charge on any atom is -0.508 e. The molecule has 7 heterocycles. The summed E-state index contributed by atoms with van der Waals surface area (Å²) in [7, 11) is 0. The van der Waals surface area contributed by atoms with Gasteiger partial charge in [-0.25, -0.2) is 18.2 Å². The molecule has 2 N–H and O–H groups in total. The molecule has 4 aromatic rings. The van der Waals surface area contributed by atoms with E-state index >= 15 is 8.78 Å². The average Bonchev–Trinajstić information content (AvgIpc) is 3.72. The summed E-state index contributed by atoms with van der Waals surface area (Å²) in [6.45, 7) is 6.42. The number of hydrogen-bond donors (Lipinski definition) is 2. The highest BCUT2D eigenvalue weighted by Gasteiger charge is 2.50. The number of rotatable bonds is 4. The van der Waals surface area contributed by atoms with Gasteiger partial charge in [0.1, 0.15) is 41.4 Å². The number of nitrogens with one attached hydrogen (secondary N) is 1. The van der Waals surface area contributed by atoms with E-state index in [2.05, 4.69) is 34.9 Å². The Morgan fingerprint density at radius 3 is 2.81 bits per heavy atom. The summed E-state index contributed by atoms with van der Waals surface area (Å²) in [6.07, 6.45) is 9.11. The van der Waals surface area contributed by atoms with Crippen LogP contribution in [0.4, 0.5) is 19.0 Å². The van der Waals surface area contributed by atoms with E-state index in [1.54, 1.807) is 0 Å². The summed E-state index contributed by atoms with van der Waals surface area (Å²) in [4.78, 5) is 19.2. The van der Waals surface area contributed by atoms with Gasteiger partial charge in [0.25, 0.3) is 0 Å². The van der Waals surface area contributed by atoms with Crippen molar-refractivity contribution in [2.45, 2.75) is 81.7 Å². The highest BCUT2D eigenvalue weighted by atomic mass is 19.1. The normalized spacial score (nSPS) is 30.8. The largest absolute Gasteiger partial charge is 0.508 e. The van der Waals surface area contributed by atoms with Crippen molar-refractivity contribution in [3.05, 3.63) is 47.2 Å². The molecular weight excluding hydrogens is 617 g/mol. The molecule has 5 aliphatic heterocycles. The summed E-state index contributed by atoms with van der Waals surface area (Å²) < 4.78 is 53.3. The Balaban J connectivity index is 1.28. The second-order valence-electron chi connectivity index (χ2n) is 14.6. The van der Waals surface area contributed by atoms with Crippen molar-refractivity contribution >= 4 is 27.5 Å². The van der Waals surface area contributed by atoms with E-state index in [1.165, 1.54) is 24.3 Å². The smallest absolute Gasteiger partial charge is 0.319 e. The lowest BCUT2D eigenvalue weighted by molar-refractivity contribution is 0.107. The van der Waals surface area contributed by atoms with Crippen molar-refractivity contribution in [3.63, 3.8) is 0 Å². The molecule has 9 rings (SSSR count). The Kier molecular flexibility index (Phi) is 6.67. The minimum atomic E-state index is -0.917. The number of pyridine rings is 1. The summed E-state index contributed by atoms with van der Waals surface area (Å²) in [5, 5.41) is 15.8. The third-order valence-electron chi connectivity index (χ3n) is 12.0. The molecule has 2 bridgehead atoms. The summed E-state index contributed by atoms with van der Waals surface area (Å²) in [6, 6.07) is 6.22. The van der Waals surface area contributed by atoms with Crippen molar-refractivity contribution in [2.24, 2.45) is 5.92 Å². The van der Waals surface area contributed by atoms with E-state index in [0.29, 0.717) is 41.8 Å². The fourth-order valence-electron chi connectivity index (χ4n) is 9.60. The molecule has 248 valence electrons. The highest BCUT2D eigenvalue weighted by Crippen LogP contribution is 2.48. The SMILES string of the molecule is C#Cc1c(F)ccc2cc(O)cc(-c3nc4c5c(nc(OC[C@@]67CCCN6C[C@H](F)C7)nc5c3F)N3C[C@H]5CC[C@H](N5)[C@@H]3[C@@H](C)[C@@H]4C)c12. The summed E-state index contributed by atoms with van der Waals surface area (Å²) >= 11 is 0. The van der Waals surface area contributed by atoms with Gasteiger partial charge in [-0.3, -0.25) is 4.90 Å². The Morgan fingerprint density at radius 1 is 1.12 bits per heavy atom. The molecule has 0 unspecified atom stereocenters. The van der Waals surface area contributed by atoms with Gasteiger partial charge in [-0.1, -0.05) is 25.8 Å². The van der Waals surface area contributed by atoms with E-state index in [4.69, 9.17) is 26.1 Å². The van der Waals surface area contributed by atoms with E-state index in [1.807, 2.05) is 0 Å². The molecule has 7 atom stereocenters. The Bertz CT molecular complexity index is 2050. The van der Waals surface area contributed by atoms with Gasteiger partial charge in [0.05, 0.1) is 22.2 Å². The van der Waals surface area contributed by atoms with Crippen molar-refractivity contribution in [2.75, 3.05) is 31.1 Å². The molecule has 48 heavy (non-hydrogen) atoms. The number of ether oxygens (including phenoxy) is 1. The molecule has 0 spiro atoms. The lowest BCUT2D eigenvalue weighted by Crippen LogP contribution is -2.60. The molecule has 2 aromatic heterocycles. The number of phenolic OH excluding ortho intramolecular Hbond substituents is 1. The molecule has 11 heteroatoms. The molecule has 0 aliphatic carbocycles. The van der Waals surface area contributed by atoms with Gasteiger partial charge in [0.2, 0.25) is 0 Å². The first-order valence-electron chi connectivity index (χ1n) is 17.0. The predicted octanol–water partition coefficient (Wildman–Crippen LogP) is 5.83. The van der Waals surface area contributed by atoms with Gasteiger partial charge < -0.3 is 20.1 Å². The number of halogens is 3. The number of aromatic hydroxyl groups is 1. The van der Waals surface area contributed by atoms with Gasteiger partial charge in [0, 0.05) is 54.5 Å². The van der Waals surface area contributed by atoms with Crippen molar-refractivity contribution < 1.29 is 23.0 Å². The van der Waals surface area contributed by atoms with Gasteiger partial charge >= 0.3 is 6.01 Å². The minimum absolute atomic E-state index is 0.0333. The first kappa shape index (κ1) is 30.0. The predicted molar refractivity (Wildman–Crippen MR) is 177 cm³/mol. The van der Waals surface area contributed by atoms with Crippen LogP contribution in [-0.4, -0.2) is 81.0 Å². The zero-order valence-corrected chi connectivity index (χ0v) is 26.9. The van der Waals surface area contributed by atoms with Crippen LogP contribution in [0.25, 0.3) is 32.9 Å². The van der Waals surface area contributed by atoms with Crippen LogP contribution in [0.1, 0.15) is 63.1 Å². The van der Waals surface area contributed by atoms with Crippen molar-refractivity contribution in [1.29, 1.82) is 0 Å². The first-order chi connectivity index (χ1) is 23.2. The fraction of sp³-hybridized carbons (Fsp3) is 0.486. The molecule has 2 aromatic carbocycles. The molecule has 4 saturated heterocycles. The summed E-state index contributed by atoms with van der Waals surface area (Å²) in [5.41, 5.74) is 0.309. The zero-order valence-electron chi connectivity index (χ0n) is 26.9. The number of fused-ring (bicyclic) bond motifs is 7. The number of benzene rings is 2. The van der Waals surface area contributed by atoms with Crippen LogP contribution in [0, 0.1) is 29.9 Å². The van der Waals surface area contributed by atoms with Gasteiger partial charge in [0.15, 0.2) is 5.82 Å². The monoisotopic (exact) mass is 654 g/mol. The molecule has 8 nitrogen and oxygen atoms in total. The lowest BCUT2D eigenvalue weighted by atomic mass is 9.82. The summed E-state index contributed by atoms with van der Waals surface area (Å²) in [5.74, 6) is 1.50.